The van der Waals surface area contributed by atoms with Crippen molar-refractivity contribution in [2.24, 2.45) is 0 Å². The van der Waals surface area contributed by atoms with Crippen LogP contribution in [0.5, 0.6) is 0 Å². The van der Waals surface area contributed by atoms with Crippen LogP contribution in [-0.2, 0) is 0 Å². The summed E-state index contributed by atoms with van der Waals surface area (Å²) in [5.41, 5.74) is 4.18. The lowest BCUT2D eigenvalue weighted by atomic mass is 10.1. The number of thiophene rings is 1. The van der Waals surface area contributed by atoms with Crippen LogP contribution in [0.4, 0.5) is 5.69 Å². The van der Waals surface area contributed by atoms with Gasteiger partial charge in [-0.25, -0.2) is 4.68 Å². The lowest BCUT2D eigenvalue weighted by molar-refractivity contribution is 0.0751. The lowest BCUT2D eigenvalue weighted by Gasteiger charge is -2.36. The number of aryl methyl sites for hydroxylation is 2. The number of fused-ring (bicyclic) bond motifs is 1. The first kappa shape index (κ1) is 21.3. The monoisotopic (exact) mass is 484 g/mol. The quantitative estimate of drug-likeness (QED) is 0.359. The van der Waals surface area contributed by atoms with E-state index in [2.05, 4.69) is 16.9 Å². The minimum atomic E-state index is 0.0794. The summed E-state index contributed by atoms with van der Waals surface area (Å²) < 4.78 is 1.89. The summed E-state index contributed by atoms with van der Waals surface area (Å²) in [6.45, 7) is 7.00. The Labute approximate surface area is 200 Å². The van der Waals surface area contributed by atoms with Crippen LogP contribution in [0.25, 0.3) is 15.9 Å². The summed E-state index contributed by atoms with van der Waals surface area (Å²) in [6, 6.07) is 15.5. The fraction of sp³-hybridized carbons (Fsp3) is 0.250. The van der Waals surface area contributed by atoms with Gasteiger partial charge in [0.05, 0.1) is 16.3 Å². The molecule has 4 aromatic rings. The van der Waals surface area contributed by atoms with E-state index in [1.54, 1.807) is 0 Å². The van der Waals surface area contributed by atoms with Gasteiger partial charge in [-0.1, -0.05) is 29.3 Å². The summed E-state index contributed by atoms with van der Waals surface area (Å²) in [5.74, 6) is 0.0794. The minimum absolute atomic E-state index is 0.0794. The maximum Gasteiger partial charge on any atom is 0.264 e. The second kappa shape index (κ2) is 8.43. The van der Waals surface area contributed by atoms with Crippen LogP contribution in [0.15, 0.2) is 48.5 Å². The molecule has 1 amide bonds. The highest BCUT2D eigenvalue weighted by molar-refractivity contribution is 7.20. The maximum absolute atomic E-state index is 13.3. The van der Waals surface area contributed by atoms with E-state index in [4.69, 9.17) is 23.2 Å². The molecular formula is C24H22Cl2N4OS. The van der Waals surface area contributed by atoms with Crippen LogP contribution in [0.2, 0.25) is 10.0 Å². The molecule has 0 unspecified atom stereocenters. The van der Waals surface area contributed by atoms with Gasteiger partial charge in [0.2, 0.25) is 0 Å². The summed E-state index contributed by atoms with van der Waals surface area (Å²) in [7, 11) is 0. The Bertz CT molecular complexity index is 1300. The minimum Gasteiger partial charge on any atom is -0.368 e. The first-order valence-corrected chi connectivity index (χ1v) is 12.0. The fourth-order valence-corrected chi connectivity index (χ4v) is 5.58. The van der Waals surface area contributed by atoms with E-state index in [9.17, 15) is 4.79 Å². The zero-order valence-electron chi connectivity index (χ0n) is 17.8. The molecule has 0 bridgehead atoms. The normalized spacial score (nSPS) is 14.4. The van der Waals surface area contributed by atoms with Gasteiger partial charge in [-0.05, 0) is 61.9 Å². The third-order valence-corrected chi connectivity index (χ3v) is 7.49. The smallest absolute Gasteiger partial charge is 0.264 e. The highest BCUT2D eigenvalue weighted by Crippen LogP contribution is 2.32. The van der Waals surface area contributed by atoms with Gasteiger partial charge in [0.15, 0.2) is 0 Å². The largest absolute Gasteiger partial charge is 0.368 e. The van der Waals surface area contributed by atoms with Crippen molar-refractivity contribution < 1.29 is 4.79 Å². The summed E-state index contributed by atoms with van der Waals surface area (Å²) in [4.78, 5) is 19.2. The first-order valence-electron chi connectivity index (χ1n) is 10.5. The summed E-state index contributed by atoms with van der Waals surface area (Å²) in [5, 5.41) is 7.10. The lowest BCUT2D eigenvalue weighted by Crippen LogP contribution is -2.48. The van der Waals surface area contributed by atoms with E-state index in [0.29, 0.717) is 18.1 Å². The molecule has 5 rings (SSSR count). The van der Waals surface area contributed by atoms with Gasteiger partial charge in [0.1, 0.15) is 4.83 Å². The highest BCUT2D eigenvalue weighted by Gasteiger charge is 2.25. The van der Waals surface area contributed by atoms with E-state index in [-0.39, 0.29) is 5.91 Å². The second-order valence-corrected chi connectivity index (χ2v) is 9.92. The zero-order valence-corrected chi connectivity index (χ0v) is 20.1. The van der Waals surface area contributed by atoms with Gasteiger partial charge in [0, 0.05) is 47.3 Å². The standard InChI is InChI=1S/C24H22Cl2N4OS/c1-15-3-4-18(26)13-21(15)28-9-11-29(12-10-28)23(31)22-14-20-16(2)27-30(24(20)32-22)19-7-5-17(25)6-8-19/h3-8,13-14H,9-12H2,1-2H3. The number of anilines is 1. The molecule has 1 saturated heterocycles. The number of hydrogen-bond donors (Lipinski definition) is 0. The molecule has 0 atom stereocenters. The molecule has 5 nitrogen and oxygen atoms in total. The number of carbonyl (C=O) groups is 1. The number of carbonyl (C=O) groups excluding carboxylic acids is 1. The average molecular weight is 485 g/mol. The van der Waals surface area contributed by atoms with E-state index in [1.807, 2.05) is 65.0 Å². The third-order valence-electron chi connectivity index (χ3n) is 5.91. The molecular weight excluding hydrogens is 463 g/mol. The second-order valence-electron chi connectivity index (χ2n) is 8.01. The first-order chi connectivity index (χ1) is 15.4. The van der Waals surface area contributed by atoms with Crippen molar-refractivity contribution in [1.82, 2.24) is 14.7 Å². The Balaban J connectivity index is 1.36. The Hall–Kier alpha value is -2.54. The van der Waals surface area contributed by atoms with Crippen LogP contribution < -0.4 is 4.90 Å². The van der Waals surface area contributed by atoms with Crippen LogP contribution in [0.3, 0.4) is 0 Å². The van der Waals surface area contributed by atoms with Crippen molar-refractivity contribution in [3.05, 3.63) is 74.7 Å². The van der Waals surface area contributed by atoms with Gasteiger partial charge < -0.3 is 9.80 Å². The Morgan fingerprint density at radius 3 is 2.34 bits per heavy atom. The molecule has 0 spiro atoms. The van der Waals surface area contributed by atoms with E-state index >= 15 is 0 Å². The summed E-state index contributed by atoms with van der Waals surface area (Å²) >= 11 is 13.7. The number of rotatable bonds is 3. The van der Waals surface area contributed by atoms with Crippen molar-refractivity contribution in [2.75, 3.05) is 31.1 Å². The maximum atomic E-state index is 13.3. The molecule has 1 aliphatic heterocycles. The van der Waals surface area contributed by atoms with Crippen LogP contribution in [0, 0.1) is 13.8 Å². The molecule has 1 aliphatic rings. The zero-order chi connectivity index (χ0) is 22.4. The molecule has 0 saturated carbocycles. The fourth-order valence-electron chi connectivity index (χ4n) is 4.14. The van der Waals surface area contributed by atoms with Crippen molar-refractivity contribution >= 4 is 56.3 Å². The Morgan fingerprint density at radius 2 is 1.62 bits per heavy atom. The molecule has 2 aromatic carbocycles. The van der Waals surface area contributed by atoms with Crippen molar-refractivity contribution in [3.63, 3.8) is 0 Å². The molecule has 164 valence electrons. The van der Waals surface area contributed by atoms with E-state index in [0.717, 1.165) is 50.3 Å². The number of halogens is 2. The summed E-state index contributed by atoms with van der Waals surface area (Å²) in [6.07, 6.45) is 0. The molecule has 0 aliphatic carbocycles. The average Bonchev–Trinajstić information content (AvgIpc) is 3.36. The molecule has 32 heavy (non-hydrogen) atoms. The van der Waals surface area contributed by atoms with Crippen LogP contribution >= 0.6 is 34.5 Å². The predicted molar refractivity (Wildman–Crippen MR) is 133 cm³/mol. The molecule has 1 fully saturated rings. The number of hydrogen-bond acceptors (Lipinski definition) is 4. The SMILES string of the molecule is Cc1ccc(Cl)cc1N1CCN(C(=O)c2cc3c(C)nn(-c4ccc(Cl)cc4)c3s2)CC1. The predicted octanol–water partition coefficient (Wildman–Crippen LogP) is 5.97. The van der Waals surface area contributed by atoms with Gasteiger partial charge in [-0.2, -0.15) is 5.10 Å². The van der Waals surface area contributed by atoms with Crippen molar-refractivity contribution in [2.45, 2.75) is 13.8 Å². The number of benzene rings is 2. The molecule has 0 N–H and O–H groups in total. The van der Waals surface area contributed by atoms with Gasteiger partial charge >= 0.3 is 0 Å². The van der Waals surface area contributed by atoms with Crippen LogP contribution in [0.1, 0.15) is 20.9 Å². The van der Waals surface area contributed by atoms with Crippen molar-refractivity contribution in [3.8, 4) is 5.69 Å². The van der Waals surface area contributed by atoms with E-state index < -0.39 is 0 Å². The number of aromatic nitrogens is 2. The Morgan fingerprint density at radius 1 is 0.938 bits per heavy atom. The molecule has 8 heteroatoms. The van der Waals surface area contributed by atoms with Gasteiger partial charge in [0.25, 0.3) is 5.91 Å². The highest BCUT2D eigenvalue weighted by atomic mass is 35.5. The topological polar surface area (TPSA) is 41.4 Å². The third kappa shape index (κ3) is 3.87. The van der Waals surface area contributed by atoms with Gasteiger partial charge in [-0.15, -0.1) is 11.3 Å². The van der Waals surface area contributed by atoms with Crippen molar-refractivity contribution in [1.29, 1.82) is 0 Å². The number of amides is 1. The molecule has 0 radical (unpaired) electrons. The van der Waals surface area contributed by atoms with E-state index in [1.165, 1.54) is 16.9 Å². The number of piperazine rings is 1. The Kier molecular flexibility index (Phi) is 5.61. The van der Waals surface area contributed by atoms with Crippen LogP contribution in [-0.4, -0.2) is 46.8 Å². The molecule has 2 aromatic heterocycles. The molecule has 3 heterocycles. The number of nitrogens with zero attached hydrogens (tertiary/aromatic N) is 4. The van der Waals surface area contributed by atoms with Gasteiger partial charge in [-0.3, -0.25) is 4.79 Å².